The number of nitrogens with one attached hydrogen (secondary N) is 1. The van der Waals surface area contributed by atoms with E-state index in [1.165, 1.54) is 5.56 Å². The number of ether oxygens (including phenoxy) is 1. The minimum Gasteiger partial charge on any atom is -0.486 e. The van der Waals surface area contributed by atoms with Gasteiger partial charge in [0.05, 0.1) is 12.7 Å². The van der Waals surface area contributed by atoms with E-state index < -0.39 is 0 Å². The zero-order chi connectivity index (χ0) is 13.2. The minimum atomic E-state index is 0.444. The van der Waals surface area contributed by atoms with Crippen molar-refractivity contribution in [1.29, 1.82) is 0 Å². The molecule has 2 aromatic rings. The summed E-state index contributed by atoms with van der Waals surface area (Å²) >= 11 is 0. The number of rotatable bonds is 2. The summed E-state index contributed by atoms with van der Waals surface area (Å²) in [5, 5.41) is 3.25. The highest BCUT2D eigenvalue weighted by Crippen LogP contribution is 2.30. The second-order valence-electron chi connectivity index (χ2n) is 4.92. The molecule has 0 atom stereocenters. The number of fused-ring (bicyclic) bond motifs is 1. The third-order valence-electron chi connectivity index (χ3n) is 3.23. The normalized spacial score (nSPS) is 13.6. The van der Waals surface area contributed by atoms with Crippen LogP contribution in [-0.4, -0.2) is 23.1 Å². The molecule has 0 spiro atoms. The number of nitrogens with zero attached hydrogens (tertiary/aromatic N) is 2. The van der Waals surface area contributed by atoms with Crippen LogP contribution in [0.2, 0.25) is 0 Å². The Kier molecular flexibility index (Phi) is 3.07. The summed E-state index contributed by atoms with van der Waals surface area (Å²) < 4.78 is 5.50. The molecular formula is C15H17N3O. The van der Waals surface area contributed by atoms with Crippen LogP contribution in [0.3, 0.4) is 0 Å². The molecule has 0 unspecified atom stereocenters. The molecule has 0 bridgehead atoms. The molecule has 4 heteroatoms. The first kappa shape index (κ1) is 12.0. The molecule has 0 saturated heterocycles. The molecule has 1 aliphatic heterocycles. The zero-order valence-electron chi connectivity index (χ0n) is 11.2. The largest absolute Gasteiger partial charge is 0.486 e. The van der Waals surface area contributed by atoms with Gasteiger partial charge in [0.2, 0.25) is 0 Å². The van der Waals surface area contributed by atoms with Crippen molar-refractivity contribution in [3.8, 4) is 17.1 Å². The van der Waals surface area contributed by atoms with E-state index in [0.717, 1.165) is 29.5 Å². The summed E-state index contributed by atoms with van der Waals surface area (Å²) in [6.45, 7) is 5.81. The van der Waals surface area contributed by atoms with Gasteiger partial charge in [-0.25, -0.2) is 9.97 Å². The fourth-order valence-electron chi connectivity index (χ4n) is 2.27. The van der Waals surface area contributed by atoms with Crippen LogP contribution in [0.5, 0.6) is 5.75 Å². The van der Waals surface area contributed by atoms with E-state index in [-0.39, 0.29) is 0 Å². The molecule has 1 aliphatic rings. The van der Waals surface area contributed by atoms with Crippen molar-refractivity contribution in [3.63, 3.8) is 0 Å². The highest BCUT2D eigenvalue weighted by Gasteiger charge is 2.15. The van der Waals surface area contributed by atoms with Crippen molar-refractivity contribution >= 4 is 5.82 Å². The third kappa shape index (κ3) is 2.26. The van der Waals surface area contributed by atoms with Crippen molar-refractivity contribution in [1.82, 2.24) is 9.97 Å². The molecule has 0 saturated carbocycles. The fraction of sp³-hybridized carbons (Fsp3) is 0.333. The van der Waals surface area contributed by atoms with Crippen molar-refractivity contribution in [2.45, 2.75) is 19.8 Å². The topological polar surface area (TPSA) is 47.0 Å². The quantitative estimate of drug-likeness (QED) is 0.895. The zero-order valence-corrected chi connectivity index (χ0v) is 11.2. The van der Waals surface area contributed by atoms with E-state index in [9.17, 15) is 0 Å². The molecule has 0 aliphatic carbocycles. The monoisotopic (exact) mass is 255 g/mol. The Hall–Kier alpha value is -2.10. The molecular weight excluding hydrogens is 238 g/mol. The van der Waals surface area contributed by atoms with E-state index >= 15 is 0 Å². The first-order valence-electron chi connectivity index (χ1n) is 6.58. The lowest BCUT2D eigenvalue weighted by atomic mass is 9.97. The van der Waals surface area contributed by atoms with Crippen molar-refractivity contribution in [2.75, 3.05) is 18.5 Å². The Balaban J connectivity index is 2.07. The van der Waals surface area contributed by atoms with E-state index in [0.29, 0.717) is 12.5 Å². The van der Waals surface area contributed by atoms with Crippen LogP contribution < -0.4 is 10.1 Å². The smallest absolute Gasteiger partial charge is 0.179 e. The van der Waals surface area contributed by atoms with Gasteiger partial charge in [-0.05, 0) is 11.5 Å². The van der Waals surface area contributed by atoms with Gasteiger partial charge in [0, 0.05) is 5.56 Å². The van der Waals surface area contributed by atoms with Gasteiger partial charge in [-0.15, -0.1) is 0 Å². The van der Waals surface area contributed by atoms with E-state index in [4.69, 9.17) is 4.74 Å². The molecule has 0 radical (unpaired) electrons. The maximum absolute atomic E-state index is 5.50. The number of benzene rings is 1. The molecule has 1 aromatic heterocycles. The van der Waals surface area contributed by atoms with Crippen molar-refractivity contribution in [3.05, 3.63) is 36.0 Å². The Morgan fingerprint density at radius 1 is 1.26 bits per heavy atom. The Morgan fingerprint density at radius 2 is 2.11 bits per heavy atom. The molecule has 3 rings (SSSR count). The van der Waals surface area contributed by atoms with Gasteiger partial charge in [0.25, 0.3) is 0 Å². The van der Waals surface area contributed by atoms with Gasteiger partial charge >= 0.3 is 0 Å². The molecule has 2 heterocycles. The van der Waals surface area contributed by atoms with Gasteiger partial charge in [-0.2, -0.15) is 0 Å². The third-order valence-corrected chi connectivity index (χ3v) is 3.23. The van der Waals surface area contributed by atoms with Gasteiger partial charge in [-0.3, -0.25) is 0 Å². The molecule has 0 amide bonds. The van der Waals surface area contributed by atoms with Gasteiger partial charge in [0.1, 0.15) is 6.61 Å². The molecule has 0 fully saturated rings. The first-order chi connectivity index (χ1) is 9.25. The van der Waals surface area contributed by atoms with Crippen LogP contribution in [-0.2, 0) is 0 Å². The van der Waals surface area contributed by atoms with Crippen LogP contribution >= 0.6 is 0 Å². The number of hydrogen-bond acceptors (Lipinski definition) is 4. The summed E-state index contributed by atoms with van der Waals surface area (Å²) in [5.74, 6) is 2.72. The van der Waals surface area contributed by atoms with Crippen LogP contribution in [0.1, 0.15) is 25.3 Å². The van der Waals surface area contributed by atoms with Crippen LogP contribution in [0.4, 0.5) is 5.82 Å². The second kappa shape index (κ2) is 4.88. The molecule has 1 N–H and O–H groups in total. The van der Waals surface area contributed by atoms with Gasteiger partial charge in [0.15, 0.2) is 17.4 Å². The van der Waals surface area contributed by atoms with E-state index in [1.54, 1.807) is 6.20 Å². The van der Waals surface area contributed by atoms with E-state index in [2.05, 4.69) is 47.3 Å². The standard InChI is InChI=1S/C15H17N3O/c1-10(2)11-5-3-4-6-12(11)14-17-9-13-15(18-14)16-7-8-19-13/h3-6,9-10H,7-8H2,1-2H3,(H,16,17,18). The van der Waals surface area contributed by atoms with Crippen molar-refractivity contribution < 1.29 is 4.74 Å². The summed E-state index contributed by atoms with van der Waals surface area (Å²) in [7, 11) is 0. The highest BCUT2D eigenvalue weighted by atomic mass is 16.5. The Morgan fingerprint density at radius 3 is 2.95 bits per heavy atom. The van der Waals surface area contributed by atoms with Gasteiger partial charge in [-0.1, -0.05) is 38.1 Å². The summed E-state index contributed by atoms with van der Waals surface area (Å²) in [5.41, 5.74) is 2.35. The summed E-state index contributed by atoms with van der Waals surface area (Å²) in [4.78, 5) is 9.01. The number of hydrogen-bond donors (Lipinski definition) is 1. The second-order valence-corrected chi connectivity index (χ2v) is 4.92. The van der Waals surface area contributed by atoms with E-state index in [1.807, 2.05) is 6.07 Å². The van der Waals surface area contributed by atoms with Crippen molar-refractivity contribution in [2.24, 2.45) is 0 Å². The van der Waals surface area contributed by atoms with Crippen LogP contribution in [0.15, 0.2) is 30.5 Å². The molecule has 98 valence electrons. The lowest BCUT2D eigenvalue weighted by Crippen LogP contribution is -2.19. The maximum Gasteiger partial charge on any atom is 0.179 e. The fourth-order valence-corrected chi connectivity index (χ4v) is 2.27. The lowest BCUT2D eigenvalue weighted by Gasteiger charge is -2.18. The minimum absolute atomic E-state index is 0.444. The maximum atomic E-state index is 5.50. The summed E-state index contributed by atoms with van der Waals surface area (Å²) in [6.07, 6.45) is 1.75. The van der Waals surface area contributed by atoms with Crippen LogP contribution in [0, 0.1) is 0 Å². The molecule has 4 nitrogen and oxygen atoms in total. The Bertz CT molecular complexity index is 596. The average Bonchev–Trinajstić information content (AvgIpc) is 2.46. The van der Waals surface area contributed by atoms with Gasteiger partial charge < -0.3 is 10.1 Å². The molecule has 19 heavy (non-hydrogen) atoms. The predicted molar refractivity (Wildman–Crippen MR) is 75.5 cm³/mol. The Labute approximate surface area is 112 Å². The first-order valence-corrected chi connectivity index (χ1v) is 6.58. The number of anilines is 1. The number of aromatic nitrogens is 2. The lowest BCUT2D eigenvalue weighted by molar-refractivity contribution is 0.320. The molecule has 1 aromatic carbocycles. The highest BCUT2D eigenvalue weighted by molar-refractivity contribution is 5.64. The van der Waals surface area contributed by atoms with Crippen LogP contribution in [0.25, 0.3) is 11.4 Å². The average molecular weight is 255 g/mol. The summed E-state index contributed by atoms with van der Waals surface area (Å²) in [6, 6.07) is 8.28. The SMILES string of the molecule is CC(C)c1ccccc1-c1ncc2c(n1)NCCO2. The predicted octanol–water partition coefficient (Wildman–Crippen LogP) is 3.07.